The van der Waals surface area contributed by atoms with Crippen LogP contribution in [0.5, 0.6) is 5.75 Å². The zero-order valence-electron chi connectivity index (χ0n) is 15.0. The number of carbonyl (C=O) groups is 1. The molecule has 138 valence electrons. The van der Waals surface area contributed by atoms with Crippen molar-refractivity contribution in [2.75, 3.05) is 38.2 Å². The second-order valence-electron chi connectivity index (χ2n) is 6.25. The number of hydrogen-bond donors (Lipinski definition) is 0. The maximum atomic E-state index is 12.8. The third-order valence-corrected chi connectivity index (χ3v) is 4.62. The lowest BCUT2D eigenvalue weighted by Crippen LogP contribution is -2.49. The number of amides is 1. The van der Waals surface area contributed by atoms with Crippen LogP contribution >= 0.6 is 0 Å². The normalized spacial score (nSPS) is 14.3. The summed E-state index contributed by atoms with van der Waals surface area (Å²) in [6.45, 7) is 2.44. The van der Waals surface area contributed by atoms with E-state index in [-0.39, 0.29) is 5.91 Å². The fourth-order valence-corrected chi connectivity index (χ4v) is 3.14. The molecule has 0 aliphatic carbocycles. The molecule has 3 aromatic rings. The number of aromatic nitrogens is 2. The minimum atomic E-state index is -0.0254. The quantitative estimate of drug-likeness (QED) is 0.709. The summed E-state index contributed by atoms with van der Waals surface area (Å²) in [5.74, 6) is 1.13. The molecule has 0 atom stereocenters. The van der Waals surface area contributed by atoms with E-state index in [1.807, 2.05) is 52.3 Å². The van der Waals surface area contributed by atoms with Crippen LogP contribution in [0.4, 0.5) is 6.01 Å². The SMILES string of the molecule is COc1ccccc1C(=O)N1CCN(c2nc(-c3ccccc3)no2)CC1. The Morgan fingerprint density at radius 3 is 2.44 bits per heavy atom. The fourth-order valence-electron chi connectivity index (χ4n) is 3.14. The number of piperazine rings is 1. The molecule has 4 rings (SSSR count). The van der Waals surface area contributed by atoms with Gasteiger partial charge in [-0.1, -0.05) is 47.6 Å². The Bertz CT molecular complexity index is 918. The first-order valence-corrected chi connectivity index (χ1v) is 8.82. The molecule has 2 aromatic carbocycles. The summed E-state index contributed by atoms with van der Waals surface area (Å²) in [5.41, 5.74) is 1.50. The molecule has 2 heterocycles. The second-order valence-corrected chi connectivity index (χ2v) is 6.25. The average molecular weight is 364 g/mol. The Morgan fingerprint density at radius 1 is 1.00 bits per heavy atom. The predicted molar refractivity (Wildman–Crippen MR) is 101 cm³/mol. The molecule has 1 aliphatic rings. The van der Waals surface area contributed by atoms with Crippen LogP contribution in [0.25, 0.3) is 11.4 Å². The summed E-state index contributed by atoms with van der Waals surface area (Å²) >= 11 is 0. The molecule has 1 saturated heterocycles. The Hall–Kier alpha value is -3.35. The van der Waals surface area contributed by atoms with Crippen molar-refractivity contribution >= 4 is 11.9 Å². The molecule has 1 aliphatic heterocycles. The van der Waals surface area contributed by atoms with Crippen molar-refractivity contribution < 1.29 is 14.1 Å². The van der Waals surface area contributed by atoms with Gasteiger partial charge >= 0.3 is 6.01 Å². The molecule has 7 nitrogen and oxygen atoms in total. The van der Waals surface area contributed by atoms with Gasteiger partial charge in [0, 0.05) is 31.7 Å². The van der Waals surface area contributed by atoms with Gasteiger partial charge in [-0.2, -0.15) is 4.98 Å². The van der Waals surface area contributed by atoms with Gasteiger partial charge in [0.25, 0.3) is 5.91 Å². The fraction of sp³-hybridized carbons (Fsp3) is 0.250. The van der Waals surface area contributed by atoms with Gasteiger partial charge in [-0.3, -0.25) is 4.79 Å². The van der Waals surface area contributed by atoms with E-state index in [9.17, 15) is 4.79 Å². The van der Waals surface area contributed by atoms with Gasteiger partial charge < -0.3 is 19.1 Å². The number of methoxy groups -OCH3 is 1. The number of carbonyl (C=O) groups excluding carboxylic acids is 1. The number of hydrogen-bond acceptors (Lipinski definition) is 6. The van der Waals surface area contributed by atoms with Crippen LogP contribution in [0.1, 0.15) is 10.4 Å². The van der Waals surface area contributed by atoms with Crippen LogP contribution in [0, 0.1) is 0 Å². The lowest BCUT2D eigenvalue weighted by molar-refractivity contribution is 0.0741. The lowest BCUT2D eigenvalue weighted by Gasteiger charge is -2.33. The largest absolute Gasteiger partial charge is 0.496 e. The molecule has 1 amide bonds. The molecule has 7 heteroatoms. The Kier molecular flexibility index (Phi) is 4.74. The van der Waals surface area contributed by atoms with Crippen molar-refractivity contribution in [1.29, 1.82) is 0 Å². The van der Waals surface area contributed by atoms with Crippen LogP contribution in [-0.2, 0) is 0 Å². The van der Waals surface area contributed by atoms with E-state index in [1.54, 1.807) is 19.2 Å². The van der Waals surface area contributed by atoms with Crippen LogP contribution in [0.3, 0.4) is 0 Å². The summed E-state index contributed by atoms with van der Waals surface area (Å²) < 4.78 is 10.7. The maximum Gasteiger partial charge on any atom is 0.324 e. The first-order valence-electron chi connectivity index (χ1n) is 8.82. The summed E-state index contributed by atoms with van der Waals surface area (Å²) in [5, 5.41) is 4.06. The standard InChI is InChI=1S/C20H20N4O3/c1-26-17-10-6-5-9-16(17)19(25)23-11-13-24(14-12-23)20-21-18(22-27-20)15-7-3-2-4-8-15/h2-10H,11-14H2,1H3. The number of rotatable bonds is 4. The maximum absolute atomic E-state index is 12.8. The summed E-state index contributed by atoms with van der Waals surface area (Å²) in [6.07, 6.45) is 0. The van der Waals surface area contributed by atoms with Gasteiger partial charge in [-0.05, 0) is 12.1 Å². The van der Waals surface area contributed by atoms with Crippen LogP contribution < -0.4 is 9.64 Å². The molecule has 27 heavy (non-hydrogen) atoms. The number of para-hydroxylation sites is 1. The van der Waals surface area contributed by atoms with E-state index >= 15 is 0 Å². The van der Waals surface area contributed by atoms with Crippen molar-refractivity contribution in [1.82, 2.24) is 15.0 Å². The van der Waals surface area contributed by atoms with E-state index in [4.69, 9.17) is 9.26 Å². The number of nitrogens with zero attached hydrogens (tertiary/aromatic N) is 4. The van der Waals surface area contributed by atoms with Gasteiger partial charge in [-0.25, -0.2) is 0 Å². The molecule has 0 bridgehead atoms. The van der Waals surface area contributed by atoms with Crippen molar-refractivity contribution in [2.45, 2.75) is 0 Å². The first-order chi connectivity index (χ1) is 13.3. The summed E-state index contributed by atoms with van der Waals surface area (Å²) in [6, 6.07) is 17.5. The highest BCUT2D eigenvalue weighted by Crippen LogP contribution is 2.23. The predicted octanol–water partition coefficient (Wildman–Crippen LogP) is 2.71. The lowest BCUT2D eigenvalue weighted by atomic mass is 10.1. The van der Waals surface area contributed by atoms with Crippen molar-refractivity contribution in [3.05, 3.63) is 60.2 Å². The summed E-state index contributed by atoms with van der Waals surface area (Å²) in [7, 11) is 1.57. The van der Waals surface area contributed by atoms with Crippen LogP contribution in [0.2, 0.25) is 0 Å². The average Bonchev–Trinajstić information content (AvgIpc) is 3.24. The van der Waals surface area contributed by atoms with Gasteiger partial charge in [0.15, 0.2) is 0 Å². The Morgan fingerprint density at radius 2 is 1.70 bits per heavy atom. The van der Waals surface area contributed by atoms with Gasteiger partial charge in [-0.15, -0.1) is 0 Å². The molecule has 0 radical (unpaired) electrons. The van der Waals surface area contributed by atoms with Gasteiger partial charge in [0.05, 0.1) is 12.7 Å². The van der Waals surface area contributed by atoms with E-state index in [2.05, 4.69) is 10.1 Å². The first kappa shape index (κ1) is 17.1. The minimum absolute atomic E-state index is 0.0254. The van der Waals surface area contributed by atoms with E-state index in [0.29, 0.717) is 49.3 Å². The van der Waals surface area contributed by atoms with Crippen molar-refractivity contribution in [3.8, 4) is 17.1 Å². The minimum Gasteiger partial charge on any atom is -0.496 e. The van der Waals surface area contributed by atoms with Gasteiger partial charge in [0.1, 0.15) is 5.75 Å². The topological polar surface area (TPSA) is 71.7 Å². The Balaban J connectivity index is 1.42. The smallest absolute Gasteiger partial charge is 0.324 e. The molecular formula is C20H20N4O3. The highest BCUT2D eigenvalue weighted by Gasteiger charge is 2.26. The monoisotopic (exact) mass is 364 g/mol. The molecule has 0 unspecified atom stereocenters. The highest BCUT2D eigenvalue weighted by molar-refractivity contribution is 5.97. The molecule has 0 N–H and O–H groups in total. The molecular weight excluding hydrogens is 344 g/mol. The van der Waals surface area contributed by atoms with Gasteiger partial charge in [0.2, 0.25) is 5.82 Å². The second kappa shape index (κ2) is 7.49. The van der Waals surface area contributed by atoms with E-state index in [1.165, 1.54) is 0 Å². The van der Waals surface area contributed by atoms with Crippen LogP contribution in [-0.4, -0.2) is 54.2 Å². The van der Waals surface area contributed by atoms with Crippen molar-refractivity contribution in [2.24, 2.45) is 0 Å². The summed E-state index contributed by atoms with van der Waals surface area (Å²) in [4.78, 5) is 21.1. The third-order valence-electron chi connectivity index (χ3n) is 4.62. The number of benzene rings is 2. The third kappa shape index (κ3) is 3.48. The highest BCUT2D eigenvalue weighted by atomic mass is 16.5. The number of ether oxygens (including phenoxy) is 1. The molecule has 1 aromatic heterocycles. The number of anilines is 1. The van der Waals surface area contributed by atoms with E-state index < -0.39 is 0 Å². The van der Waals surface area contributed by atoms with E-state index in [0.717, 1.165) is 5.56 Å². The molecule has 0 spiro atoms. The van der Waals surface area contributed by atoms with Crippen molar-refractivity contribution in [3.63, 3.8) is 0 Å². The zero-order chi connectivity index (χ0) is 18.6. The Labute approximate surface area is 157 Å². The molecule has 0 saturated carbocycles. The molecule has 1 fully saturated rings. The van der Waals surface area contributed by atoms with Crippen LogP contribution in [0.15, 0.2) is 59.1 Å². The zero-order valence-corrected chi connectivity index (χ0v) is 15.0.